The van der Waals surface area contributed by atoms with Gasteiger partial charge >= 0.3 is 0 Å². The van der Waals surface area contributed by atoms with Gasteiger partial charge in [-0.3, -0.25) is 4.31 Å². The van der Waals surface area contributed by atoms with E-state index in [0.29, 0.717) is 16.5 Å². The van der Waals surface area contributed by atoms with Gasteiger partial charge in [0.15, 0.2) is 0 Å². The Balaban J connectivity index is 1.50. The monoisotopic (exact) mass is 393 g/mol. The summed E-state index contributed by atoms with van der Waals surface area (Å²) in [4.78, 5) is 0.301. The second-order valence-corrected chi connectivity index (χ2v) is 8.20. The zero-order chi connectivity index (χ0) is 19.3. The molecule has 7 nitrogen and oxygen atoms in total. The summed E-state index contributed by atoms with van der Waals surface area (Å²) >= 11 is 0. The lowest BCUT2D eigenvalue weighted by Crippen LogP contribution is -2.26. The van der Waals surface area contributed by atoms with Crippen LogP contribution in [0.3, 0.4) is 0 Å². The Morgan fingerprint density at radius 3 is 2.50 bits per heavy atom. The maximum atomic E-state index is 13.0. The number of ether oxygens (including phenoxy) is 1. The first kappa shape index (κ1) is 16.8. The van der Waals surface area contributed by atoms with Crippen LogP contribution in [0.5, 0.6) is 5.75 Å². The van der Waals surface area contributed by atoms with Crippen LogP contribution in [0.15, 0.2) is 70.0 Å². The van der Waals surface area contributed by atoms with E-state index in [1.165, 1.54) is 4.31 Å². The predicted molar refractivity (Wildman–Crippen MR) is 104 cm³/mol. The number of hydrogen-bond acceptors (Lipinski definition) is 6. The van der Waals surface area contributed by atoms with Crippen molar-refractivity contribution in [2.45, 2.75) is 11.4 Å². The number of benzene rings is 3. The molecule has 8 heteroatoms. The van der Waals surface area contributed by atoms with Crippen LogP contribution in [0.1, 0.15) is 5.89 Å². The Bertz CT molecular complexity index is 1290. The van der Waals surface area contributed by atoms with Crippen molar-refractivity contribution in [2.24, 2.45) is 0 Å². The van der Waals surface area contributed by atoms with Crippen molar-refractivity contribution < 1.29 is 17.6 Å². The molecule has 0 bridgehead atoms. The fourth-order valence-corrected chi connectivity index (χ4v) is 5.08. The molecule has 3 aromatic carbocycles. The molecule has 0 saturated carbocycles. The average Bonchev–Trinajstić information content (AvgIpc) is 3.27. The Hall–Kier alpha value is -3.39. The molecule has 4 aromatic rings. The highest BCUT2D eigenvalue weighted by Gasteiger charge is 2.36. The first-order chi connectivity index (χ1) is 13.6. The Labute approximate surface area is 161 Å². The third-order valence-electron chi connectivity index (χ3n) is 4.76. The molecule has 5 rings (SSSR count). The molecule has 1 aromatic heterocycles. The molecule has 140 valence electrons. The topological polar surface area (TPSA) is 85.5 Å². The Morgan fingerprint density at radius 2 is 1.75 bits per heavy atom. The van der Waals surface area contributed by atoms with E-state index < -0.39 is 10.0 Å². The van der Waals surface area contributed by atoms with Gasteiger partial charge in [-0.2, -0.15) is 0 Å². The van der Waals surface area contributed by atoms with Crippen LogP contribution >= 0.6 is 0 Å². The highest BCUT2D eigenvalue weighted by Crippen LogP contribution is 2.42. The van der Waals surface area contributed by atoms with Gasteiger partial charge in [0.05, 0.1) is 17.7 Å². The standard InChI is InChI=1S/C20H15N3O4S/c1-26-15-10-8-14(9-11-15)20-22-21-18(27-20)12-23-16-6-2-4-13-5-3-7-17(19(13)16)28(23,24)25/h2-11H,12H2,1H3. The van der Waals surface area contributed by atoms with E-state index in [4.69, 9.17) is 9.15 Å². The molecule has 1 aliphatic rings. The van der Waals surface area contributed by atoms with Crippen molar-refractivity contribution >= 4 is 26.5 Å². The van der Waals surface area contributed by atoms with Crippen molar-refractivity contribution in [1.82, 2.24) is 10.2 Å². The number of anilines is 1. The number of hydrogen-bond donors (Lipinski definition) is 0. The molecule has 0 saturated heterocycles. The lowest BCUT2D eigenvalue weighted by atomic mass is 10.1. The van der Waals surface area contributed by atoms with E-state index in [1.54, 1.807) is 49.6 Å². The number of aromatic nitrogens is 2. The highest BCUT2D eigenvalue weighted by atomic mass is 32.2. The SMILES string of the molecule is COc1ccc(-c2nnc(CN3c4cccc5cccc(c45)S3(=O)=O)o2)cc1. The number of sulfonamides is 1. The molecule has 0 N–H and O–H groups in total. The van der Waals surface area contributed by atoms with Gasteiger partial charge in [-0.1, -0.05) is 24.3 Å². The molecular weight excluding hydrogens is 378 g/mol. The maximum Gasteiger partial charge on any atom is 0.265 e. The smallest absolute Gasteiger partial charge is 0.265 e. The van der Waals surface area contributed by atoms with Crippen molar-refractivity contribution in [3.05, 3.63) is 66.6 Å². The third-order valence-corrected chi connectivity index (χ3v) is 6.57. The van der Waals surface area contributed by atoms with Gasteiger partial charge in [0.2, 0.25) is 11.8 Å². The molecule has 2 heterocycles. The van der Waals surface area contributed by atoms with Crippen LogP contribution in [0.25, 0.3) is 22.2 Å². The molecule has 0 spiro atoms. The summed E-state index contributed by atoms with van der Waals surface area (Å²) in [6, 6.07) is 18.0. The normalized spacial score (nSPS) is 14.5. The van der Waals surface area contributed by atoms with Gasteiger partial charge < -0.3 is 9.15 Å². The zero-order valence-electron chi connectivity index (χ0n) is 14.9. The summed E-state index contributed by atoms with van der Waals surface area (Å²) in [6.07, 6.45) is 0. The van der Waals surface area contributed by atoms with Crippen molar-refractivity contribution in [3.8, 4) is 17.2 Å². The molecule has 0 radical (unpaired) electrons. The average molecular weight is 393 g/mol. The summed E-state index contributed by atoms with van der Waals surface area (Å²) in [5.74, 6) is 1.27. The molecule has 28 heavy (non-hydrogen) atoms. The fourth-order valence-electron chi connectivity index (χ4n) is 3.42. The Kier molecular flexibility index (Phi) is 3.63. The minimum Gasteiger partial charge on any atom is -0.497 e. The third kappa shape index (κ3) is 2.45. The summed E-state index contributed by atoms with van der Waals surface area (Å²) in [6.45, 7) is -0.0285. The van der Waals surface area contributed by atoms with Gasteiger partial charge in [-0.15, -0.1) is 10.2 Å². The van der Waals surface area contributed by atoms with Crippen LogP contribution in [-0.4, -0.2) is 25.7 Å². The van der Waals surface area contributed by atoms with Crippen LogP contribution in [0.2, 0.25) is 0 Å². The van der Waals surface area contributed by atoms with Crippen molar-refractivity contribution in [1.29, 1.82) is 0 Å². The molecular formula is C20H15N3O4S. The van der Waals surface area contributed by atoms with E-state index in [-0.39, 0.29) is 12.4 Å². The quantitative estimate of drug-likeness (QED) is 0.527. The van der Waals surface area contributed by atoms with E-state index >= 15 is 0 Å². The van der Waals surface area contributed by atoms with E-state index in [0.717, 1.165) is 22.1 Å². The lowest BCUT2D eigenvalue weighted by molar-refractivity contribution is 0.415. The van der Waals surface area contributed by atoms with Gasteiger partial charge in [0.1, 0.15) is 12.3 Å². The Morgan fingerprint density at radius 1 is 1.00 bits per heavy atom. The van der Waals surface area contributed by atoms with Crippen LogP contribution < -0.4 is 9.04 Å². The summed E-state index contributed by atoms with van der Waals surface area (Å²) in [5.41, 5.74) is 1.35. The van der Waals surface area contributed by atoms with Gasteiger partial charge in [-0.25, -0.2) is 8.42 Å². The van der Waals surface area contributed by atoms with Gasteiger partial charge in [-0.05, 0) is 41.8 Å². The van der Waals surface area contributed by atoms with Gasteiger partial charge in [0.25, 0.3) is 10.0 Å². The largest absolute Gasteiger partial charge is 0.497 e. The molecule has 0 aliphatic carbocycles. The second-order valence-electron chi connectivity index (χ2n) is 6.37. The summed E-state index contributed by atoms with van der Waals surface area (Å²) in [7, 11) is -2.08. The van der Waals surface area contributed by atoms with Crippen LogP contribution in [-0.2, 0) is 16.6 Å². The zero-order valence-corrected chi connectivity index (χ0v) is 15.7. The van der Waals surface area contributed by atoms with Gasteiger partial charge in [0, 0.05) is 10.9 Å². The van der Waals surface area contributed by atoms with Crippen molar-refractivity contribution in [3.63, 3.8) is 0 Å². The number of methoxy groups -OCH3 is 1. The van der Waals surface area contributed by atoms with E-state index in [1.807, 2.05) is 18.2 Å². The highest BCUT2D eigenvalue weighted by molar-refractivity contribution is 7.93. The molecule has 1 aliphatic heterocycles. The minimum atomic E-state index is -3.67. The minimum absolute atomic E-state index is 0.0285. The second kappa shape index (κ2) is 6.07. The van der Waals surface area contributed by atoms with E-state index in [9.17, 15) is 8.42 Å². The lowest BCUT2D eigenvalue weighted by Gasteiger charge is -2.16. The fraction of sp³-hybridized carbons (Fsp3) is 0.100. The molecule has 0 fully saturated rings. The number of nitrogens with zero attached hydrogens (tertiary/aromatic N) is 3. The molecule has 0 unspecified atom stereocenters. The number of rotatable bonds is 4. The first-order valence-corrected chi connectivity index (χ1v) is 10.0. The van der Waals surface area contributed by atoms with Crippen LogP contribution in [0, 0.1) is 0 Å². The first-order valence-electron chi connectivity index (χ1n) is 8.59. The predicted octanol–water partition coefficient (Wildman–Crippen LogP) is 3.61. The maximum absolute atomic E-state index is 13.0. The summed E-state index contributed by atoms with van der Waals surface area (Å²) < 4.78 is 38.3. The van der Waals surface area contributed by atoms with E-state index in [2.05, 4.69) is 10.2 Å². The van der Waals surface area contributed by atoms with Crippen molar-refractivity contribution in [2.75, 3.05) is 11.4 Å². The molecule has 0 atom stereocenters. The molecule has 0 amide bonds. The van der Waals surface area contributed by atoms with Crippen LogP contribution in [0.4, 0.5) is 5.69 Å². The summed E-state index contributed by atoms with van der Waals surface area (Å²) in [5, 5.41) is 9.69.